The van der Waals surface area contributed by atoms with Gasteiger partial charge in [0.05, 0.1) is 6.54 Å². The van der Waals surface area contributed by atoms with Gasteiger partial charge in [0.15, 0.2) is 0 Å². The van der Waals surface area contributed by atoms with E-state index in [2.05, 4.69) is 24.5 Å². The first-order valence-electron chi connectivity index (χ1n) is 7.21. The molecule has 0 saturated heterocycles. The average molecular weight is 276 g/mol. The Hall–Kier alpha value is -1.84. The molecular formula is C16H24N2O2. The normalized spacial score (nSPS) is 12.9. The summed E-state index contributed by atoms with van der Waals surface area (Å²) in [6.45, 7) is 6.26. The first-order chi connectivity index (χ1) is 9.56. The Morgan fingerprint density at radius 1 is 1.15 bits per heavy atom. The fourth-order valence-electron chi connectivity index (χ4n) is 1.47. The van der Waals surface area contributed by atoms with Crippen molar-refractivity contribution in [2.75, 3.05) is 6.54 Å². The van der Waals surface area contributed by atoms with Gasteiger partial charge in [-0.15, -0.1) is 0 Å². The van der Waals surface area contributed by atoms with E-state index in [9.17, 15) is 9.59 Å². The maximum absolute atomic E-state index is 11.7. The van der Waals surface area contributed by atoms with Crippen LogP contribution >= 0.6 is 0 Å². The predicted octanol–water partition coefficient (Wildman–Crippen LogP) is 2.42. The largest absolute Gasteiger partial charge is 0.352 e. The second-order valence-corrected chi connectivity index (χ2v) is 5.10. The summed E-state index contributed by atoms with van der Waals surface area (Å²) in [7, 11) is 0. The predicted molar refractivity (Wildman–Crippen MR) is 80.6 cm³/mol. The lowest BCUT2D eigenvalue weighted by molar-refractivity contribution is -0.120. The summed E-state index contributed by atoms with van der Waals surface area (Å²) >= 11 is 0. The van der Waals surface area contributed by atoms with Crippen LogP contribution in [0.2, 0.25) is 0 Å². The van der Waals surface area contributed by atoms with Gasteiger partial charge >= 0.3 is 0 Å². The van der Waals surface area contributed by atoms with E-state index >= 15 is 0 Å². The molecule has 0 unspecified atom stereocenters. The van der Waals surface area contributed by atoms with Crippen LogP contribution in [0.25, 0.3) is 0 Å². The summed E-state index contributed by atoms with van der Waals surface area (Å²) in [6.07, 6.45) is 3.36. The molecule has 0 heterocycles. The molecule has 20 heavy (non-hydrogen) atoms. The SMILES string of the molecule is CCC.Cc1ccc(C(=O)NCC(=O)NC2CC2)cc1. The number of hydrogen-bond acceptors (Lipinski definition) is 2. The number of aryl methyl sites for hydroxylation is 1. The molecule has 0 radical (unpaired) electrons. The fourth-order valence-corrected chi connectivity index (χ4v) is 1.47. The van der Waals surface area contributed by atoms with Crippen molar-refractivity contribution < 1.29 is 9.59 Å². The van der Waals surface area contributed by atoms with Gasteiger partial charge in [0.1, 0.15) is 0 Å². The van der Waals surface area contributed by atoms with Crippen molar-refractivity contribution in [3.05, 3.63) is 35.4 Å². The molecule has 2 amide bonds. The summed E-state index contributed by atoms with van der Waals surface area (Å²) in [5, 5.41) is 5.42. The summed E-state index contributed by atoms with van der Waals surface area (Å²) < 4.78 is 0. The molecule has 0 aromatic heterocycles. The van der Waals surface area contributed by atoms with Crippen LogP contribution in [0.3, 0.4) is 0 Å². The highest BCUT2D eigenvalue weighted by Crippen LogP contribution is 2.18. The van der Waals surface area contributed by atoms with Gasteiger partial charge in [-0.3, -0.25) is 9.59 Å². The van der Waals surface area contributed by atoms with Gasteiger partial charge in [0.25, 0.3) is 5.91 Å². The van der Waals surface area contributed by atoms with Gasteiger partial charge in [-0.05, 0) is 31.9 Å². The minimum atomic E-state index is -0.212. The van der Waals surface area contributed by atoms with Crippen molar-refractivity contribution in [1.82, 2.24) is 10.6 Å². The molecule has 2 rings (SSSR count). The molecule has 0 spiro atoms. The van der Waals surface area contributed by atoms with E-state index in [-0.39, 0.29) is 18.4 Å². The maximum atomic E-state index is 11.7. The van der Waals surface area contributed by atoms with Gasteiger partial charge in [-0.1, -0.05) is 38.0 Å². The number of hydrogen-bond donors (Lipinski definition) is 2. The fraction of sp³-hybridized carbons (Fsp3) is 0.500. The van der Waals surface area contributed by atoms with Crippen LogP contribution in [0, 0.1) is 6.92 Å². The summed E-state index contributed by atoms with van der Waals surface area (Å²) in [5.41, 5.74) is 1.68. The summed E-state index contributed by atoms with van der Waals surface area (Å²) in [4.78, 5) is 23.0. The quantitative estimate of drug-likeness (QED) is 0.887. The lowest BCUT2D eigenvalue weighted by atomic mass is 10.1. The lowest BCUT2D eigenvalue weighted by Crippen LogP contribution is -2.37. The first-order valence-corrected chi connectivity index (χ1v) is 7.21. The number of carbonyl (C=O) groups excluding carboxylic acids is 2. The average Bonchev–Trinajstić information content (AvgIpc) is 3.22. The Morgan fingerprint density at radius 2 is 1.70 bits per heavy atom. The first kappa shape index (κ1) is 16.2. The Bertz CT molecular complexity index is 436. The summed E-state index contributed by atoms with van der Waals surface area (Å²) in [6, 6.07) is 7.59. The third-order valence-corrected chi connectivity index (χ3v) is 2.67. The smallest absolute Gasteiger partial charge is 0.251 e. The molecule has 1 saturated carbocycles. The molecule has 1 aliphatic carbocycles. The van der Waals surface area contributed by atoms with E-state index in [0.29, 0.717) is 11.6 Å². The monoisotopic (exact) mass is 276 g/mol. The Morgan fingerprint density at radius 3 is 2.20 bits per heavy atom. The summed E-state index contributed by atoms with van der Waals surface area (Å²) in [5.74, 6) is -0.330. The second-order valence-electron chi connectivity index (χ2n) is 5.10. The van der Waals surface area contributed by atoms with Crippen LogP contribution in [-0.2, 0) is 4.79 Å². The van der Waals surface area contributed by atoms with E-state index in [1.54, 1.807) is 12.1 Å². The molecule has 1 aliphatic rings. The molecule has 4 heteroatoms. The molecule has 1 fully saturated rings. The molecule has 110 valence electrons. The van der Waals surface area contributed by atoms with E-state index < -0.39 is 0 Å². The maximum Gasteiger partial charge on any atom is 0.251 e. The number of rotatable bonds is 4. The molecule has 0 bridgehead atoms. The molecule has 1 aromatic carbocycles. The Labute approximate surface area is 121 Å². The van der Waals surface area contributed by atoms with E-state index in [4.69, 9.17) is 0 Å². The van der Waals surface area contributed by atoms with Gasteiger partial charge in [-0.25, -0.2) is 0 Å². The van der Waals surface area contributed by atoms with Crippen LogP contribution in [0.15, 0.2) is 24.3 Å². The number of nitrogens with one attached hydrogen (secondary N) is 2. The van der Waals surface area contributed by atoms with Crippen LogP contribution in [0.4, 0.5) is 0 Å². The van der Waals surface area contributed by atoms with Gasteiger partial charge < -0.3 is 10.6 Å². The number of benzene rings is 1. The van der Waals surface area contributed by atoms with Crippen molar-refractivity contribution in [2.45, 2.75) is 46.1 Å². The minimum absolute atomic E-state index is 0.0449. The lowest BCUT2D eigenvalue weighted by Gasteiger charge is -2.06. The third kappa shape index (κ3) is 6.36. The second kappa shape index (κ2) is 8.35. The minimum Gasteiger partial charge on any atom is -0.352 e. The van der Waals surface area contributed by atoms with Crippen LogP contribution < -0.4 is 10.6 Å². The zero-order chi connectivity index (χ0) is 15.0. The van der Waals surface area contributed by atoms with E-state index in [1.165, 1.54) is 6.42 Å². The molecule has 0 atom stereocenters. The van der Waals surface area contributed by atoms with Gasteiger partial charge in [0, 0.05) is 11.6 Å². The molecule has 0 aliphatic heterocycles. The Balaban J connectivity index is 0.000000612. The van der Waals surface area contributed by atoms with Crippen molar-refractivity contribution in [1.29, 1.82) is 0 Å². The van der Waals surface area contributed by atoms with Gasteiger partial charge in [0.2, 0.25) is 5.91 Å². The van der Waals surface area contributed by atoms with Crippen molar-refractivity contribution >= 4 is 11.8 Å². The van der Waals surface area contributed by atoms with Crippen molar-refractivity contribution in [2.24, 2.45) is 0 Å². The topological polar surface area (TPSA) is 58.2 Å². The van der Waals surface area contributed by atoms with E-state index in [0.717, 1.165) is 18.4 Å². The van der Waals surface area contributed by atoms with Crippen molar-refractivity contribution in [3.63, 3.8) is 0 Å². The standard InChI is InChI=1S/C13H16N2O2.C3H8/c1-9-2-4-10(5-3-9)13(17)14-8-12(16)15-11-6-7-11;1-3-2/h2-5,11H,6-8H2,1H3,(H,14,17)(H,15,16);3H2,1-2H3. The number of carbonyl (C=O) groups is 2. The molecule has 1 aromatic rings. The van der Waals surface area contributed by atoms with Crippen LogP contribution in [-0.4, -0.2) is 24.4 Å². The zero-order valence-corrected chi connectivity index (χ0v) is 12.5. The Kier molecular flexibility index (Phi) is 6.77. The van der Waals surface area contributed by atoms with Gasteiger partial charge in [-0.2, -0.15) is 0 Å². The molecule has 2 N–H and O–H groups in total. The highest BCUT2D eigenvalue weighted by Gasteiger charge is 2.23. The highest BCUT2D eigenvalue weighted by molar-refractivity contribution is 5.96. The number of amides is 2. The molecular weight excluding hydrogens is 252 g/mol. The zero-order valence-electron chi connectivity index (χ0n) is 12.5. The van der Waals surface area contributed by atoms with Crippen LogP contribution in [0.1, 0.15) is 49.0 Å². The van der Waals surface area contributed by atoms with Crippen molar-refractivity contribution in [3.8, 4) is 0 Å². The highest BCUT2D eigenvalue weighted by atomic mass is 16.2. The van der Waals surface area contributed by atoms with Crippen LogP contribution in [0.5, 0.6) is 0 Å². The van der Waals surface area contributed by atoms with E-state index in [1.807, 2.05) is 19.1 Å². The third-order valence-electron chi connectivity index (χ3n) is 2.67. The molecule has 4 nitrogen and oxygen atoms in total.